The molecular formula is C16H20N2O4. The van der Waals surface area contributed by atoms with Crippen LogP contribution < -0.4 is 5.32 Å². The number of Topliss-reactive ketones (excluding diaryl/α,β-unsaturated/α-hetero) is 1. The third kappa shape index (κ3) is 4.58. The number of amides is 2. The van der Waals surface area contributed by atoms with Gasteiger partial charge in [-0.25, -0.2) is 4.79 Å². The molecule has 0 radical (unpaired) electrons. The second kappa shape index (κ2) is 6.17. The summed E-state index contributed by atoms with van der Waals surface area (Å²) in [7, 11) is 0. The fraction of sp³-hybridized carbons (Fsp3) is 0.438. The van der Waals surface area contributed by atoms with Crippen molar-refractivity contribution in [1.82, 2.24) is 4.90 Å². The van der Waals surface area contributed by atoms with E-state index >= 15 is 0 Å². The molecule has 0 atom stereocenters. The first-order valence-corrected chi connectivity index (χ1v) is 7.11. The fourth-order valence-corrected chi connectivity index (χ4v) is 2.12. The Hall–Kier alpha value is -2.37. The lowest BCUT2D eigenvalue weighted by Crippen LogP contribution is -2.27. The summed E-state index contributed by atoms with van der Waals surface area (Å²) >= 11 is 0. The number of carbonyl (C=O) groups is 3. The van der Waals surface area contributed by atoms with Crippen LogP contribution in [0.1, 0.15) is 32.8 Å². The summed E-state index contributed by atoms with van der Waals surface area (Å²) in [6.07, 6.45) is -0.515. The third-order valence-electron chi connectivity index (χ3n) is 3.04. The molecule has 1 aliphatic heterocycles. The molecule has 0 aliphatic carbocycles. The Labute approximate surface area is 129 Å². The van der Waals surface area contributed by atoms with Crippen molar-refractivity contribution < 1.29 is 19.1 Å². The van der Waals surface area contributed by atoms with Crippen molar-refractivity contribution >= 4 is 23.5 Å². The zero-order chi connectivity index (χ0) is 16.3. The SMILES string of the molecule is CC(C)(C)OC(=O)Nc1ccc(CN2CC(=O)CC2=O)cc1. The number of hydrogen-bond donors (Lipinski definition) is 1. The molecule has 0 bridgehead atoms. The lowest BCUT2D eigenvalue weighted by atomic mass is 10.2. The van der Waals surface area contributed by atoms with Crippen molar-refractivity contribution in [3.63, 3.8) is 0 Å². The molecule has 1 aliphatic rings. The number of hydrogen-bond acceptors (Lipinski definition) is 4. The van der Waals surface area contributed by atoms with E-state index in [9.17, 15) is 14.4 Å². The van der Waals surface area contributed by atoms with Gasteiger partial charge in [-0.3, -0.25) is 14.9 Å². The van der Waals surface area contributed by atoms with Crippen LogP contribution in [-0.4, -0.2) is 34.8 Å². The molecule has 0 aromatic heterocycles. The summed E-state index contributed by atoms with van der Waals surface area (Å²) in [6.45, 7) is 5.96. The van der Waals surface area contributed by atoms with Crippen molar-refractivity contribution in [1.29, 1.82) is 0 Å². The summed E-state index contributed by atoms with van der Waals surface area (Å²) in [5, 5.41) is 2.64. The topological polar surface area (TPSA) is 75.7 Å². The lowest BCUT2D eigenvalue weighted by Gasteiger charge is -2.20. The van der Waals surface area contributed by atoms with Crippen molar-refractivity contribution in [2.24, 2.45) is 0 Å². The van der Waals surface area contributed by atoms with Gasteiger partial charge in [-0.05, 0) is 38.5 Å². The number of likely N-dealkylation sites (tertiary alicyclic amines) is 1. The van der Waals surface area contributed by atoms with Crippen LogP contribution in [0.2, 0.25) is 0 Å². The summed E-state index contributed by atoms with van der Waals surface area (Å²) in [6, 6.07) is 7.09. The van der Waals surface area contributed by atoms with E-state index in [1.807, 2.05) is 12.1 Å². The maximum Gasteiger partial charge on any atom is 0.412 e. The second-order valence-corrected chi connectivity index (χ2v) is 6.29. The maximum absolute atomic E-state index is 11.6. The van der Waals surface area contributed by atoms with E-state index < -0.39 is 11.7 Å². The van der Waals surface area contributed by atoms with E-state index in [1.54, 1.807) is 32.9 Å². The van der Waals surface area contributed by atoms with Crippen LogP contribution in [0.3, 0.4) is 0 Å². The standard InChI is InChI=1S/C16H20N2O4/c1-16(2,3)22-15(21)17-12-6-4-11(5-7-12)9-18-10-13(19)8-14(18)20/h4-7H,8-10H2,1-3H3,(H,17,21). The van der Waals surface area contributed by atoms with Gasteiger partial charge < -0.3 is 9.64 Å². The highest BCUT2D eigenvalue weighted by Crippen LogP contribution is 2.16. The van der Waals surface area contributed by atoms with Crippen molar-refractivity contribution in [2.45, 2.75) is 39.3 Å². The van der Waals surface area contributed by atoms with Gasteiger partial charge in [-0.1, -0.05) is 12.1 Å². The van der Waals surface area contributed by atoms with Crippen LogP contribution in [0.15, 0.2) is 24.3 Å². The predicted molar refractivity (Wildman–Crippen MR) is 81.3 cm³/mol. The molecule has 2 rings (SSSR count). The van der Waals surface area contributed by atoms with Gasteiger partial charge in [0.15, 0.2) is 5.78 Å². The number of benzene rings is 1. The minimum atomic E-state index is -0.549. The Bertz CT molecular complexity index is 587. The van der Waals surface area contributed by atoms with E-state index in [4.69, 9.17) is 4.74 Å². The molecule has 1 aromatic rings. The van der Waals surface area contributed by atoms with Crippen molar-refractivity contribution in [3.8, 4) is 0 Å². The third-order valence-corrected chi connectivity index (χ3v) is 3.04. The van der Waals surface area contributed by atoms with Gasteiger partial charge in [0.2, 0.25) is 5.91 Å². The van der Waals surface area contributed by atoms with Crippen LogP contribution in [0.25, 0.3) is 0 Å². The molecule has 1 heterocycles. The minimum absolute atomic E-state index is 0.00170. The summed E-state index contributed by atoms with van der Waals surface area (Å²) in [5.74, 6) is -0.186. The van der Waals surface area contributed by atoms with E-state index in [0.29, 0.717) is 12.2 Å². The molecule has 1 fully saturated rings. The number of carbonyl (C=O) groups excluding carboxylic acids is 3. The number of ketones is 1. The number of ether oxygens (including phenoxy) is 1. The molecule has 0 unspecified atom stereocenters. The quantitative estimate of drug-likeness (QED) is 0.870. The van der Waals surface area contributed by atoms with Crippen LogP contribution in [-0.2, 0) is 20.9 Å². The van der Waals surface area contributed by atoms with E-state index in [0.717, 1.165) is 5.56 Å². The Kier molecular flexibility index (Phi) is 4.49. The molecule has 1 aromatic carbocycles. The first-order valence-electron chi connectivity index (χ1n) is 7.11. The molecule has 22 heavy (non-hydrogen) atoms. The molecule has 6 heteroatoms. The number of rotatable bonds is 3. The van der Waals surface area contributed by atoms with Gasteiger partial charge in [0.05, 0.1) is 13.0 Å². The Balaban J connectivity index is 1.92. The smallest absolute Gasteiger partial charge is 0.412 e. The highest BCUT2D eigenvalue weighted by atomic mass is 16.6. The summed E-state index contributed by atoms with van der Waals surface area (Å²) in [4.78, 5) is 36.0. The lowest BCUT2D eigenvalue weighted by molar-refractivity contribution is -0.128. The van der Waals surface area contributed by atoms with E-state index in [2.05, 4.69) is 5.32 Å². The summed E-state index contributed by atoms with van der Waals surface area (Å²) in [5.41, 5.74) is 0.965. The van der Waals surface area contributed by atoms with Gasteiger partial charge >= 0.3 is 6.09 Å². The molecule has 1 saturated heterocycles. The zero-order valence-electron chi connectivity index (χ0n) is 13.0. The normalized spacial score (nSPS) is 15.1. The molecule has 0 spiro atoms. The predicted octanol–water partition coefficient (Wildman–Crippen LogP) is 2.33. The van der Waals surface area contributed by atoms with E-state index in [1.165, 1.54) is 4.90 Å². The van der Waals surface area contributed by atoms with E-state index in [-0.39, 0.29) is 24.7 Å². The Morgan fingerprint density at radius 2 is 1.86 bits per heavy atom. The molecule has 118 valence electrons. The average molecular weight is 304 g/mol. The zero-order valence-corrected chi connectivity index (χ0v) is 13.0. The minimum Gasteiger partial charge on any atom is -0.444 e. The second-order valence-electron chi connectivity index (χ2n) is 6.29. The van der Waals surface area contributed by atoms with Gasteiger partial charge in [0, 0.05) is 12.2 Å². The first-order chi connectivity index (χ1) is 10.2. The van der Waals surface area contributed by atoms with Gasteiger partial charge in [0.25, 0.3) is 0 Å². The van der Waals surface area contributed by atoms with Crippen LogP contribution in [0, 0.1) is 0 Å². The van der Waals surface area contributed by atoms with Crippen molar-refractivity contribution in [2.75, 3.05) is 11.9 Å². The van der Waals surface area contributed by atoms with Gasteiger partial charge in [-0.15, -0.1) is 0 Å². The first kappa shape index (κ1) is 16.0. The van der Waals surface area contributed by atoms with Gasteiger partial charge in [-0.2, -0.15) is 0 Å². The van der Waals surface area contributed by atoms with Crippen LogP contribution in [0.5, 0.6) is 0 Å². The number of nitrogens with one attached hydrogen (secondary N) is 1. The average Bonchev–Trinajstić information content (AvgIpc) is 2.68. The van der Waals surface area contributed by atoms with Crippen molar-refractivity contribution in [3.05, 3.63) is 29.8 Å². The highest BCUT2D eigenvalue weighted by Gasteiger charge is 2.27. The number of anilines is 1. The monoisotopic (exact) mass is 304 g/mol. The Morgan fingerprint density at radius 3 is 2.36 bits per heavy atom. The molecular weight excluding hydrogens is 284 g/mol. The largest absolute Gasteiger partial charge is 0.444 e. The fourth-order valence-electron chi connectivity index (χ4n) is 2.12. The number of nitrogens with zero attached hydrogens (tertiary/aromatic N) is 1. The van der Waals surface area contributed by atoms with Crippen LogP contribution in [0.4, 0.5) is 10.5 Å². The summed E-state index contributed by atoms with van der Waals surface area (Å²) < 4.78 is 5.16. The maximum atomic E-state index is 11.6. The molecule has 6 nitrogen and oxygen atoms in total. The molecule has 0 saturated carbocycles. The van der Waals surface area contributed by atoms with Gasteiger partial charge in [0.1, 0.15) is 5.60 Å². The van der Waals surface area contributed by atoms with Crippen LogP contribution >= 0.6 is 0 Å². The molecule has 2 amide bonds. The Morgan fingerprint density at radius 1 is 1.23 bits per heavy atom. The molecule has 1 N–H and O–H groups in total. The highest BCUT2D eigenvalue weighted by molar-refractivity contribution is 6.05.